The second kappa shape index (κ2) is 6.54. The Labute approximate surface area is 144 Å². The van der Waals surface area contributed by atoms with Crippen LogP contribution < -0.4 is 5.32 Å². The Morgan fingerprint density at radius 1 is 1.44 bits per heavy atom. The summed E-state index contributed by atoms with van der Waals surface area (Å²) in [7, 11) is 1.71. The van der Waals surface area contributed by atoms with E-state index in [4.69, 9.17) is 4.52 Å². The van der Waals surface area contributed by atoms with Crippen LogP contribution in [-0.4, -0.2) is 37.5 Å². The molecular formula is C17H20N6O2. The predicted molar refractivity (Wildman–Crippen MR) is 89.8 cm³/mol. The van der Waals surface area contributed by atoms with Crippen molar-refractivity contribution in [2.45, 2.75) is 38.3 Å². The highest BCUT2D eigenvalue weighted by molar-refractivity contribution is 5.73. The maximum Gasteiger partial charge on any atom is 0.317 e. The van der Waals surface area contributed by atoms with Gasteiger partial charge in [-0.2, -0.15) is 4.98 Å². The number of fused-ring (bicyclic) bond motifs is 1. The van der Waals surface area contributed by atoms with Crippen molar-refractivity contribution in [2.75, 3.05) is 7.05 Å². The van der Waals surface area contributed by atoms with Gasteiger partial charge in [-0.15, -0.1) is 0 Å². The van der Waals surface area contributed by atoms with Gasteiger partial charge in [-0.1, -0.05) is 17.6 Å². The maximum atomic E-state index is 12.3. The van der Waals surface area contributed by atoms with Gasteiger partial charge in [0.1, 0.15) is 5.65 Å². The zero-order valence-corrected chi connectivity index (χ0v) is 14.1. The Balaban J connectivity index is 1.33. The highest BCUT2D eigenvalue weighted by atomic mass is 16.5. The molecule has 0 aliphatic heterocycles. The summed E-state index contributed by atoms with van der Waals surface area (Å²) in [5.74, 6) is 1.63. The van der Waals surface area contributed by atoms with E-state index in [0.29, 0.717) is 30.7 Å². The van der Waals surface area contributed by atoms with Crippen molar-refractivity contribution < 1.29 is 9.32 Å². The van der Waals surface area contributed by atoms with Crippen LogP contribution >= 0.6 is 0 Å². The quantitative estimate of drug-likeness (QED) is 0.770. The Hall–Kier alpha value is -2.90. The Bertz CT molecular complexity index is 882. The number of hydrogen-bond acceptors (Lipinski definition) is 5. The number of carbonyl (C=O) groups excluding carboxylic acids is 1. The monoisotopic (exact) mass is 340 g/mol. The number of hydrogen-bond donors (Lipinski definition) is 1. The molecule has 0 bridgehead atoms. The zero-order chi connectivity index (χ0) is 17.2. The van der Waals surface area contributed by atoms with Gasteiger partial charge in [0.25, 0.3) is 0 Å². The lowest BCUT2D eigenvalue weighted by Gasteiger charge is -2.20. The number of nitrogens with one attached hydrogen (secondary N) is 1. The molecule has 8 heteroatoms. The van der Waals surface area contributed by atoms with Gasteiger partial charge < -0.3 is 19.1 Å². The van der Waals surface area contributed by atoms with Crippen molar-refractivity contribution in [3.8, 4) is 0 Å². The van der Waals surface area contributed by atoms with Crippen LogP contribution in [-0.2, 0) is 13.1 Å². The van der Waals surface area contributed by atoms with Crippen LogP contribution in [0, 0.1) is 0 Å². The number of urea groups is 1. The first kappa shape index (κ1) is 15.6. The summed E-state index contributed by atoms with van der Waals surface area (Å²) in [6.45, 7) is 0.711. The molecule has 0 aromatic carbocycles. The Kier molecular flexibility index (Phi) is 4.09. The first-order chi connectivity index (χ1) is 12.2. The fourth-order valence-electron chi connectivity index (χ4n) is 2.85. The van der Waals surface area contributed by atoms with E-state index in [9.17, 15) is 4.79 Å². The molecule has 0 unspecified atom stereocenters. The van der Waals surface area contributed by atoms with Gasteiger partial charge in [0.2, 0.25) is 5.89 Å². The van der Waals surface area contributed by atoms with Crippen molar-refractivity contribution in [3.63, 3.8) is 0 Å². The molecule has 0 saturated heterocycles. The van der Waals surface area contributed by atoms with Crippen LogP contribution in [0.5, 0.6) is 0 Å². The molecule has 2 amide bonds. The van der Waals surface area contributed by atoms with Crippen molar-refractivity contribution in [1.29, 1.82) is 0 Å². The summed E-state index contributed by atoms with van der Waals surface area (Å²) in [4.78, 5) is 22.5. The van der Waals surface area contributed by atoms with Gasteiger partial charge in [0, 0.05) is 19.2 Å². The molecular weight excluding hydrogens is 320 g/mol. The second-order valence-electron chi connectivity index (χ2n) is 6.37. The minimum atomic E-state index is -0.194. The largest absolute Gasteiger partial charge is 0.339 e. The molecule has 3 aromatic heterocycles. The van der Waals surface area contributed by atoms with Gasteiger partial charge >= 0.3 is 6.03 Å². The molecule has 0 atom stereocenters. The van der Waals surface area contributed by atoms with Gasteiger partial charge in [-0.25, -0.2) is 9.78 Å². The molecule has 8 nitrogen and oxygen atoms in total. The number of rotatable bonds is 5. The topological polar surface area (TPSA) is 88.6 Å². The molecule has 3 heterocycles. The number of pyridine rings is 1. The lowest BCUT2D eigenvalue weighted by molar-refractivity contribution is 0.204. The Morgan fingerprint density at radius 2 is 2.32 bits per heavy atom. The average Bonchev–Trinajstić information content (AvgIpc) is 3.18. The number of amides is 2. The lowest BCUT2D eigenvalue weighted by atomic mass is 9.85. The van der Waals surface area contributed by atoms with E-state index in [1.54, 1.807) is 18.1 Å². The number of nitrogens with zero attached hydrogens (tertiary/aromatic N) is 5. The minimum Gasteiger partial charge on any atom is -0.339 e. The highest BCUT2D eigenvalue weighted by Gasteiger charge is 2.25. The average molecular weight is 340 g/mol. The summed E-state index contributed by atoms with van der Waals surface area (Å²) >= 11 is 0. The van der Waals surface area contributed by atoms with Crippen molar-refractivity contribution in [1.82, 2.24) is 29.7 Å². The normalized spacial score (nSPS) is 14.4. The van der Waals surface area contributed by atoms with E-state index in [1.807, 2.05) is 28.8 Å². The first-order valence-electron chi connectivity index (χ1n) is 8.43. The fourth-order valence-corrected chi connectivity index (χ4v) is 2.85. The number of imidazole rings is 1. The summed E-state index contributed by atoms with van der Waals surface area (Å²) in [6, 6.07) is 5.59. The molecule has 130 valence electrons. The van der Waals surface area contributed by atoms with Crippen molar-refractivity contribution >= 4 is 11.7 Å². The second-order valence-corrected chi connectivity index (χ2v) is 6.37. The van der Waals surface area contributed by atoms with E-state index in [1.165, 1.54) is 6.42 Å². The molecule has 1 N–H and O–H groups in total. The first-order valence-corrected chi connectivity index (χ1v) is 8.43. The summed E-state index contributed by atoms with van der Waals surface area (Å²) < 4.78 is 7.23. The molecule has 25 heavy (non-hydrogen) atoms. The number of carbonyl (C=O) groups is 1. The van der Waals surface area contributed by atoms with E-state index in [0.717, 1.165) is 24.2 Å². The number of aromatic nitrogens is 4. The van der Waals surface area contributed by atoms with Crippen LogP contribution in [0.25, 0.3) is 5.65 Å². The smallest absolute Gasteiger partial charge is 0.317 e. The molecule has 4 rings (SSSR count). The van der Waals surface area contributed by atoms with E-state index >= 15 is 0 Å². The van der Waals surface area contributed by atoms with Crippen LogP contribution in [0.15, 0.2) is 35.1 Å². The van der Waals surface area contributed by atoms with Crippen molar-refractivity contribution in [2.24, 2.45) is 0 Å². The van der Waals surface area contributed by atoms with Gasteiger partial charge in [-0.3, -0.25) is 0 Å². The van der Waals surface area contributed by atoms with Crippen molar-refractivity contribution in [3.05, 3.63) is 48.0 Å². The summed E-state index contributed by atoms with van der Waals surface area (Å²) in [6.07, 6.45) is 7.12. The van der Waals surface area contributed by atoms with Gasteiger partial charge in [-0.05, 0) is 25.0 Å². The lowest BCUT2D eigenvalue weighted by Crippen LogP contribution is -2.36. The predicted octanol–water partition coefficient (Wildman–Crippen LogP) is 2.33. The fraction of sp³-hybridized carbons (Fsp3) is 0.412. The third-order valence-corrected chi connectivity index (χ3v) is 4.58. The maximum absolute atomic E-state index is 12.3. The minimum absolute atomic E-state index is 0.194. The van der Waals surface area contributed by atoms with Crippen LogP contribution in [0.4, 0.5) is 4.79 Å². The SMILES string of the molecule is CN(Cc1noc(C2CCC2)n1)C(=O)NCc1cnc2ccccn12. The molecule has 0 spiro atoms. The summed E-state index contributed by atoms with van der Waals surface area (Å²) in [5, 5.41) is 6.86. The van der Waals surface area contributed by atoms with E-state index in [2.05, 4.69) is 20.4 Å². The zero-order valence-electron chi connectivity index (χ0n) is 14.1. The van der Waals surface area contributed by atoms with Gasteiger partial charge in [0.15, 0.2) is 5.82 Å². The third-order valence-electron chi connectivity index (χ3n) is 4.58. The van der Waals surface area contributed by atoms with E-state index < -0.39 is 0 Å². The van der Waals surface area contributed by atoms with Gasteiger partial charge in [0.05, 0.1) is 25.0 Å². The Morgan fingerprint density at radius 3 is 3.12 bits per heavy atom. The highest BCUT2D eigenvalue weighted by Crippen LogP contribution is 2.35. The van der Waals surface area contributed by atoms with Crippen LogP contribution in [0.1, 0.15) is 42.6 Å². The molecule has 1 aliphatic carbocycles. The molecule has 1 fully saturated rings. The molecule has 0 radical (unpaired) electrons. The molecule has 1 saturated carbocycles. The van der Waals surface area contributed by atoms with Crippen LogP contribution in [0.2, 0.25) is 0 Å². The summed E-state index contributed by atoms with van der Waals surface area (Å²) in [5.41, 5.74) is 1.78. The molecule has 1 aliphatic rings. The van der Waals surface area contributed by atoms with E-state index in [-0.39, 0.29) is 6.03 Å². The third kappa shape index (κ3) is 3.19. The molecule has 3 aromatic rings. The standard InChI is InChI=1S/C17H20N6O2/c1-22(11-14-20-16(25-21-14)12-5-4-6-12)17(24)19-10-13-9-18-15-7-2-3-8-23(13)15/h2-3,7-9,12H,4-6,10-11H2,1H3,(H,19,24). The van der Waals surface area contributed by atoms with Crippen LogP contribution in [0.3, 0.4) is 0 Å².